The van der Waals surface area contributed by atoms with Crippen molar-refractivity contribution >= 4 is 39.3 Å². The number of nitrogens with zero attached hydrogens (tertiary/aromatic N) is 1. The van der Waals surface area contributed by atoms with Gasteiger partial charge in [0.05, 0.1) is 5.52 Å². The fourth-order valence-electron chi connectivity index (χ4n) is 1.97. The van der Waals surface area contributed by atoms with E-state index in [-0.39, 0.29) is 11.7 Å². The molecule has 0 spiro atoms. The van der Waals surface area contributed by atoms with E-state index < -0.39 is 0 Å². The van der Waals surface area contributed by atoms with Crippen LogP contribution in [0.25, 0.3) is 10.9 Å². The normalized spacial score (nSPS) is 10.8. The lowest BCUT2D eigenvalue weighted by Gasteiger charge is -2.07. The second kappa shape index (κ2) is 5.68. The number of hydrogen-bond acceptors (Lipinski definition) is 2. The molecule has 0 aliphatic heterocycles. The van der Waals surface area contributed by atoms with E-state index in [1.54, 1.807) is 0 Å². The zero-order chi connectivity index (χ0) is 13.1. The topological polar surface area (TPSA) is 30.0 Å². The van der Waals surface area contributed by atoms with Crippen molar-refractivity contribution in [2.75, 3.05) is 0 Å². The van der Waals surface area contributed by atoms with Gasteiger partial charge in [-0.2, -0.15) is 0 Å². The number of rotatable bonds is 4. The molecule has 0 amide bonds. The highest BCUT2D eigenvalue weighted by Crippen LogP contribution is 2.24. The molecule has 0 radical (unpaired) electrons. The lowest BCUT2D eigenvalue weighted by atomic mass is 10.0. The molecular weight excluding hydrogens is 269 g/mol. The summed E-state index contributed by atoms with van der Waals surface area (Å²) in [6, 6.07) is 8.05. The van der Waals surface area contributed by atoms with Crippen LogP contribution in [0.2, 0.25) is 5.15 Å². The van der Waals surface area contributed by atoms with E-state index in [0.717, 1.165) is 22.9 Å². The average Bonchev–Trinajstić information content (AvgIpc) is 2.35. The predicted octanol–water partition coefficient (Wildman–Crippen LogP) is 4.15. The smallest absolute Gasteiger partial charge is 0.221 e. The molecule has 0 atom stereocenters. The van der Waals surface area contributed by atoms with E-state index in [1.165, 1.54) is 5.56 Å². The van der Waals surface area contributed by atoms with Crippen molar-refractivity contribution in [2.24, 2.45) is 0 Å². The molecule has 1 heterocycles. The molecule has 2 nitrogen and oxygen atoms in total. The average molecular weight is 282 g/mol. The molecule has 4 heteroatoms. The SMILES string of the molecule is CCc1cccc2cc(CCC(=O)Cl)c(Cl)nc12. The van der Waals surface area contributed by atoms with E-state index >= 15 is 0 Å². The maximum absolute atomic E-state index is 10.8. The summed E-state index contributed by atoms with van der Waals surface area (Å²) in [6.07, 6.45) is 1.72. The van der Waals surface area contributed by atoms with E-state index in [4.69, 9.17) is 23.2 Å². The fraction of sp³-hybridized carbons (Fsp3) is 0.286. The number of halogens is 2. The van der Waals surface area contributed by atoms with Gasteiger partial charge in [-0.05, 0) is 41.6 Å². The number of pyridine rings is 1. The summed E-state index contributed by atoms with van der Waals surface area (Å²) >= 11 is 11.5. The third kappa shape index (κ3) is 2.82. The van der Waals surface area contributed by atoms with Crippen molar-refractivity contribution in [1.82, 2.24) is 4.98 Å². The van der Waals surface area contributed by atoms with Gasteiger partial charge in [0.25, 0.3) is 0 Å². The Morgan fingerprint density at radius 2 is 2.11 bits per heavy atom. The summed E-state index contributed by atoms with van der Waals surface area (Å²) < 4.78 is 0. The number of benzene rings is 1. The first-order chi connectivity index (χ1) is 8.61. The van der Waals surface area contributed by atoms with Gasteiger partial charge >= 0.3 is 0 Å². The zero-order valence-electron chi connectivity index (χ0n) is 10.0. The number of para-hydroxylation sites is 1. The Bertz CT molecular complexity index is 596. The van der Waals surface area contributed by atoms with Crippen LogP contribution in [0.5, 0.6) is 0 Å². The van der Waals surface area contributed by atoms with Gasteiger partial charge in [0, 0.05) is 11.8 Å². The summed E-state index contributed by atoms with van der Waals surface area (Å²) in [4.78, 5) is 15.2. The minimum atomic E-state index is -0.353. The van der Waals surface area contributed by atoms with Crippen LogP contribution in [-0.2, 0) is 17.6 Å². The van der Waals surface area contributed by atoms with Gasteiger partial charge in [-0.3, -0.25) is 4.79 Å². The second-order valence-corrected chi connectivity index (χ2v) is 4.92. The van der Waals surface area contributed by atoms with Crippen LogP contribution in [0.15, 0.2) is 24.3 Å². The van der Waals surface area contributed by atoms with Crippen molar-refractivity contribution in [3.8, 4) is 0 Å². The number of fused-ring (bicyclic) bond motifs is 1. The molecule has 1 aromatic carbocycles. The van der Waals surface area contributed by atoms with Gasteiger partial charge in [-0.15, -0.1) is 0 Å². The minimum Gasteiger partial charge on any atom is -0.281 e. The number of aromatic nitrogens is 1. The van der Waals surface area contributed by atoms with E-state index in [1.807, 2.05) is 24.3 Å². The van der Waals surface area contributed by atoms with Crippen LogP contribution in [0.1, 0.15) is 24.5 Å². The van der Waals surface area contributed by atoms with Crippen LogP contribution in [-0.4, -0.2) is 10.2 Å². The molecule has 1 aromatic heterocycles. The summed E-state index contributed by atoms with van der Waals surface area (Å²) in [5, 5.41) is 1.16. The Kier molecular flexibility index (Phi) is 4.20. The van der Waals surface area contributed by atoms with Gasteiger partial charge in [0.15, 0.2) is 0 Å². The first-order valence-corrected chi connectivity index (χ1v) is 6.62. The number of aryl methyl sites for hydroxylation is 2. The van der Waals surface area contributed by atoms with Crippen molar-refractivity contribution < 1.29 is 4.79 Å². The molecule has 0 saturated heterocycles. The van der Waals surface area contributed by atoms with E-state index in [0.29, 0.717) is 11.6 Å². The molecule has 94 valence electrons. The summed E-state index contributed by atoms with van der Waals surface area (Å²) in [5.74, 6) is 0. The highest BCUT2D eigenvalue weighted by Gasteiger charge is 2.08. The molecule has 0 saturated carbocycles. The van der Waals surface area contributed by atoms with Crippen molar-refractivity contribution in [1.29, 1.82) is 0 Å². The molecule has 0 aliphatic carbocycles. The molecular formula is C14H13Cl2NO. The third-order valence-electron chi connectivity index (χ3n) is 2.93. The van der Waals surface area contributed by atoms with Crippen LogP contribution >= 0.6 is 23.2 Å². The number of carbonyl (C=O) groups is 1. The molecule has 0 aliphatic rings. The van der Waals surface area contributed by atoms with Gasteiger partial charge in [-0.1, -0.05) is 36.7 Å². The lowest BCUT2D eigenvalue weighted by Crippen LogP contribution is -1.96. The van der Waals surface area contributed by atoms with E-state index in [2.05, 4.69) is 11.9 Å². The van der Waals surface area contributed by atoms with Crippen LogP contribution < -0.4 is 0 Å². The molecule has 0 N–H and O–H groups in total. The monoisotopic (exact) mass is 281 g/mol. The van der Waals surface area contributed by atoms with Gasteiger partial charge in [0.2, 0.25) is 5.24 Å². The third-order valence-corrected chi connectivity index (χ3v) is 3.44. The maximum atomic E-state index is 10.8. The fourth-order valence-corrected chi connectivity index (χ4v) is 2.30. The van der Waals surface area contributed by atoms with Crippen LogP contribution in [0.4, 0.5) is 0 Å². The molecule has 2 aromatic rings. The van der Waals surface area contributed by atoms with Gasteiger partial charge in [0.1, 0.15) is 5.15 Å². The number of carbonyl (C=O) groups excluding carboxylic acids is 1. The molecule has 0 bridgehead atoms. The summed E-state index contributed by atoms with van der Waals surface area (Å²) in [6.45, 7) is 2.09. The lowest BCUT2D eigenvalue weighted by molar-refractivity contribution is -0.111. The Morgan fingerprint density at radius 3 is 2.78 bits per heavy atom. The highest BCUT2D eigenvalue weighted by atomic mass is 35.5. The molecule has 0 fully saturated rings. The zero-order valence-corrected chi connectivity index (χ0v) is 11.6. The van der Waals surface area contributed by atoms with Gasteiger partial charge < -0.3 is 0 Å². The Balaban J connectivity index is 2.46. The summed E-state index contributed by atoms with van der Waals surface area (Å²) in [5.41, 5.74) is 2.98. The standard InChI is InChI=1S/C14H13Cl2NO/c1-2-9-4-3-5-10-8-11(6-7-12(15)18)14(16)17-13(9)10/h3-5,8H,2,6-7H2,1H3. The first kappa shape index (κ1) is 13.3. The second-order valence-electron chi connectivity index (χ2n) is 4.14. The summed E-state index contributed by atoms with van der Waals surface area (Å²) in [7, 11) is 0. The van der Waals surface area contributed by atoms with Crippen molar-refractivity contribution in [2.45, 2.75) is 26.2 Å². The molecule has 18 heavy (non-hydrogen) atoms. The predicted molar refractivity (Wildman–Crippen MR) is 75.3 cm³/mol. The maximum Gasteiger partial charge on any atom is 0.221 e. The first-order valence-electron chi connectivity index (χ1n) is 5.87. The van der Waals surface area contributed by atoms with Crippen LogP contribution in [0, 0.1) is 0 Å². The minimum absolute atomic E-state index is 0.280. The Labute approximate surface area is 116 Å². The van der Waals surface area contributed by atoms with E-state index in [9.17, 15) is 4.79 Å². The van der Waals surface area contributed by atoms with Gasteiger partial charge in [-0.25, -0.2) is 4.98 Å². The van der Waals surface area contributed by atoms with Crippen molar-refractivity contribution in [3.63, 3.8) is 0 Å². The largest absolute Gasteiger partial charge is 0.281 e. The Hall–Kier alpha value is -1.12. The Morgan fingerprint density at radius 1 is 1.33 bits per heavy atom. The van der Waals surface area contributed by atoms with Crippen LogP contribution in [0.3, 0.4) is 0 Å². The van der Waals surface area contributed by atoms with Crippen molar-refractivity contribution in [3.05, 3.63) is 40.5 Å². The molecule has 2 rings (SSSR count). The highest BCUT2D eigenvalue weighted by molar-refractivity contribution is 6.63. The number of hydrogen-bond donors (Lipinski definition) is 0. The quantitative estimate of drug-likeness (QED) is 0.623. The molecule has 0 unspecified atom stereocenters.